The average molecular weight is 222 g/mol. The summed E-state index contributed by atoms with van der Waals surface area (Å²) in [5.41, 5.74) is 0.551. The fraction of sp³-hybridized carbons (Fsp3) is 0.0833. The Hall–Kier alpha value is -1.97. The molecule has 0 amide bonds. The van der Waals surface area contributed by atoms with Gasteiger partial charge in [-0.25, -0.2) is 0 Å². The summed E-state index contributed by atoms with van der Waals surface area (Å²) in [5, 5.41) is 1.56. The van der Waals surface area contributed by atoms with E-state index in [1.807, 2.05) is 0 Å². The summed E-state index contributed by atoms with van der Waals surface area (Å²) in [4.78, 5) is 10.5. The average Bonchev–Trinajstić information content (AvgIpc) is 2.27. The maximum atomic E-state index is 12.0. The molecule has 0 saturated heterocycles. The van der Waals surface area contributed by atoms with Crippen molar-refractivity contribution in [3.63, 3.8) is 0 Å². The van der Waals surface area contributed by atoms with Crippen LogP contribution in [0.1, 0.15) is 10.4 Å². The van der Waals surface area contributed by atoms with Gasteiger partial charge in [-0.15, -0.1) is 0 Å². The Bertz CT molecular complexity index is 523. The van der Waals surface area contributed by atoms with E-state index < -0.39 is 6.61 Å². The minimum absolute atomic E-state index is 0.112. The minimum Gasteiger partial charge on any atom is -0.435 e. The van der Waals surface area contributed by atoms with Crippen LogP contribution >= 0.6 is 0 Å². The van der Waals surface area contributed by atoms with E-state index in [0.29, 0.717) is 5.56 Å². The lowest BCUT2D eigenvalue weighted by molar-refractivity contribution is -0.0497. The third kappa shape index (κ3) is 2.16. The molecule has 0 unspecified atom stereocenters. The molecule has 0 spiro atoms. The van der Waals surface area contributed by atoms with E-state index in [2.05, 4.69) is 4.74 Å². The molecule has 2 nitrogen and oxygen atoms in total. The summed E-state index contributed by atoms with van der Waals surface area (Å²) in [6, 6.07) is 9.60. The Kier molecular flexibility index (Phi) is 2.81. The van der Waals surface area contributed by atoms with Gasteiger partial charge in [0.2, 0.25) is 0 Å². The maximum absolute atomic E-state index is 12.0. The molecule has 0 radical (unpaired) electrons. The lowest BCUT2D eigenvalue weighted by atomic mass is 10.1. The highest BCUT2D eigenvalue weighted by Gasteiger charge is 2.04. The Balaban J connectivity index is 2.43. The summed E-state index contributed by atoms with van der Waals surface area (Å²) in [6.45, 7) is -2.83. The van der Waals surface area contributed by atoms with Crippen LogP contribution in [0.4, 0.5) is 8.78 Å². The molecule has 82 valence electrons. The smallest absolute Gasteiger partial charge is 0.387 e. The van der Waals surface area contributed by atoms with Gasteiger partial charge >= 0.3 is 6.61 Å². The number of hydrogen-bond acceptors (Lipinski definition) is 2. The van der Waals surface area contributed by atoms with Gasteiger partial charge < -0.3 is 4.74 Å². The van der Waals surface area contributed by atoms with Crippen molar-refractivity contribution >= 4 is 17.1 Å². The van der Waals surface area contributed by atoms with Gasteiger partial charge in [0.25, 0.3) is 0 Å². The first-order valence-corrected chi connectivity index (χ1v) is 4.63. The standard InChI is InChI=1S/C12H8F2O2/c13-12(14)16-11-4-3-9-5-8(7-15)1-2-10(9)6-11/h1-7,12H. The quantitative estimate of drug-likeness (QED) is 0.745. The highest BCUT2D eigenvalue weighted by Crippen LogP contribution is 2.22. The zero-order valence-corrected chi connectivity index (χ0v) is 8.19. The van der Waals surface area contributed by atoms with Gasteiger partial charge in [-0.2, -0.15) is 8.78 Å². The predicted octanol–water partition coefficient (Wildman–Crippen LogP) is 3.25. The maximum Gasteiger partial charge on any atom is 0.387 e. The van der Waals surface area contributed by atoms with Gasteiger partial charge in [-0.3, -0.25) is 4.79 Å². The Morgan fingerprint density at radius 3 is 2.44 bits per heavy atom. The normalized spacial score (nSPS) is 10.7. The molecule has 0 heterocycles. The van der Waals surface area contributed by atoms with Crippen LogP contribution in [-0.4, -0.2) is 12.9 Å². The first-order chi connectivity index (χ1) is 7.69. The number of rotatable bonds is 3. The van der Waals surface area contributed by atoms with Crippen LogP contribution in [0.15, 0.2) is 36.4 Å². The molecular formula is C12H8F2O2. The Morgan fingerprint density at radius 1 is 1.06 bits per heavy atom. The molecule has 0 aliphatic heterocycles. The van der Waals surface area contributed by atoms with Crippen molar-refractivity contribution in [2.75, 3.05) is 0 Å². The van der Waals surface area contributed by atoms with E-state index in [9.17, 15) is 13.6 Å². The van der Waals surface area contributed by atoms with Crippen molar-refractivity contribution in [2.45, 2.75) is 6.61 Å². The molecule has 0 atom stereocenters. The summed E-state index contributed by atoms with van der Waals surface area (Å²) in [6.07, 6.45) is 0.739. The van der Waals surface area contributed by atoms with E-state index in [-0.39, 0.29) is 5.75 Å². The Morgan fingerprint density at radius 2 is 1.75 bits per heavy atom. The third-order valence-corrected chi connectivity index (χ3v) is 2.20. The predicted molar refractivity (Wildman–Crippen MR) is 56.0 cm³/mol. The number of carbonyl (C=O) groups is 1. The highest BCUT2D eigenvalue weighted by molar-refractivity contribution is 5.89. The summed E-state index contributed by atoms with van der Waals surface area (Å²) < 4.78 is 28.2. The second-order valence-electron chi connectivity index (χ2n) is 3.26. The van der Waals surface area contributed by atoms with Crippen LogP contribution in [0.2, 0.25) is 0 Å². The first kappa shape index (κ1) is 10.5. The van der Waals surface area contributed by atoms with Crippen LogP contribution in [0.25, 0.3) is 10.8 Å². The van der Waals surface area contributed by atoms with Crippen molar-refractivity contribution in [1.29, 1.82) is 0 Å². The number of carbonyl (C=O) groups excluding carboxylic acids is 1. The monoisotopic (exact) mass is 222 g/mol. The van der Waals surface area contributed by atoms with E-state index >= 15 is 0 Å². The molecule has 0 fully saturated rings. The van der Waals surface area contributed by atoms with Gasteiger partial charge in [0.05, 0.1) is 0 Å². The van der Waals surface area contributed by atoms with Crippen LogP contribution in [0.3, 0.4) is 0 Å². The summed E-state index contributed by atoms with van der Waals surface area (Å²) in [7, 11) is 0. The summed E-state index contributed by atoms with van der Waals surface area (Å²) >= 11 is 0. The molecule has 0 bridgehead atoms. The molecule has 4 heteroatoms. The van der Waals surface area contributed by atoms with Crippen molar-refractivity contribution in [1.82, 2.24) is 0 Å². The van der Waals surface area contributed by atoms with Crippen molar-refractivity contribution in [3.05, 3.63) is 42.0 Å². The second-order valence-corrected chi connectivity index (χ2v) is 3.26. The van der Waals surface area contributed by atoms with E-state index in [1.165, 1.54) is 12.1 Å². The number of ether oxygens (including phenoxy) is 1. The number of hydrogen-bond donors (Lipinski definition) is 0. The highest BCUT2D eigenvalue weighted by atomic mass is 19.3. The van der Waals surface area contributed by atoms with Gasteiger partial charge in [0, 0.05) is 5.56 Å². The molecule has 2 aromatic carbocycles. The number of halogens is 2. The lowest BCUT2D eigenvalue weighted by Gasteiger charge is -2.05. The third-order valence-electron chi connectivity index (χ3n) is 2.20. The molecule has 16 heavy (non-hydrogen) atoms. The van der Waals surface area contributed by atoms with Gasteiger partial charge in [0.1, 0.15) is 12.0 Å². The number of benzene rings is 2. The molecule has 0 aliphatic carbocycles. The molecule has 0 N–H and O–H groups in total. The lowest BCUT2D eigenvalue weighted by Crippen LogP contribution is -2.01. The fourth-order valence-corrected chi connectivity index (χ4v) is 1.49. The molecular weight excluding hydrogens is 214 g/mol. The van der Waals surface area contributed by atoms with Gasteiger partial charge in [0.15, 0.2) is 0 Å². The topological polar surface area (TPSA) is 26.3 Å². The van der Waals surface area contributed by atoms with E-state index in [4.69, 9.17) is 0 Å². The molecule has 0 aromatic heterocycles. The summed E-state index contributed by atoms with van der Waals surface area (Å²) in [5.74, 6) is 0.112. The van der Waals surface area contributed by atoms with Crippen molar-refractivity contribution in [3.8, 4) is 5.75 Å². The molecule has 0 saturated carbocycles. The fourth-order valence-electron chi connectivity index (χ4n) is 1.49. The number of aldehydes is 1. The van der Waals surface area contributed by atoms with E-state index in [1.54, 1.807) is 24.3 Å². The van der Waals surface area contributed by atoms with Crippen LogP contribution < -0.4 is 4.74 Å². The molecule has 2 aromatic rings. The van der Waals surface area contributed by atoms with Crippen molar-refractivity contribution < 1.29 is 18.3 Å². The second kappa shape index (κ2) is 4.26. The SMILES string of the molecule is O=Cc1ccc2cc(OC(F)F)ccc2c1. The largest absolute Gasteiger partial charge is 0.435 e. The van der Waals surface area contributed by atoms with Crippen LogP contribution in [0.5, 0.6) is 5.75 Å². The number of alkyl halides is 2. The van der Waals surface area contributed by atoms with Crippen LogP contribution in [0, 0.1) is 0 Å². The van der Waals surface area contributed by atoms with Crippen molar-refractivity contribution in [2.24, 2.45) is 0 Å². The minimum atomic E-state index is -2.83. The first-order valence-electron chi connectivity index (χ1n) is 4.63. The zero-order valence-electron chi connectivity index (χ0n) is 8.19. The molecule has 2 rings (SSSR count). The Labute approximate surface area is 90.4 Å². The van der Waals surface area contributed by atoms with Gasteiger partial charge in [-0.05, 0) is 29.0 Å². The van der Waals surface area contributed by atoms with Crippen LogP contribution in [-0.2, 0) is 0 Å². The van der Waals surface area contributed by atoms with Gasteiger partial charge in [-0.1, -0.05) is 18.2 Å². The van der Waals surface area contributed by atoms with E-state index in [0.717, 1.165) is 17.1 Å². The zero-order chi connectivity index (χ0) is 11.5. The number of fused-ring (bicyclic) bond motifs is 1. The molecule has 0 aliphatic rings.